The van der Waals surface area contributed by atoms with Gasteiger partial charge in [-0.3, -0.25) is 14.6 Å². The lowest BCUT2D eigenvalue weighted by Crippen LogP contribution is -2.37. The zero-order valence-electron chi connectivity index (χ0n) is 22.6. The van der Waals surface area contributed by atoms with Crippen LogP contribution < -0.4 is 4.90 Å². The molecule has 1 aliphatic carbocycles. The first-order chi connectivity index (χ1) is 18.6. The summed E-state index contributed by atoms with van der Waals surface area (Å²) in [5.74, 6) is 1.98. The van der Waals surface area contributed by atoms with E-state index in [1.807, 2.05) is 23.1 Å². The van der Waals surface area contributed by atoms with Crippen LogP contribution in [0.1, 0.15) is 55.6 Å². The van der Waals surface area contributed by atoms with E-state index in [9.17, 15) is 18.0 Å². The van der Waals surface area contributed by atoms with Gasteiger partial charge in [0.1, 0.15) is 12.2 Å². The van der Waals surface area contributed by atoms with Crippen LogP contribution in [0.25, 0.3) is 0 Å². The first kappa shape index (κ1) is 27.6. The first-order valence-corrected chi connectivity index (χ1v) is 14.3. The number of amides is 1. The smallest absolute Gasteiger partial charge is 0.348 e. The standard InChI is InChI=1S/C28H35F3N6OS/c1-19-6-5-9-36(12-19)13-20-10-23(28(29,30)31)24(37(14-20)18-38)15-34(2)22-11-25(39-16-22)26(21-7-4-8-21)27-33-32-17-35(27)3/h10-11,14-19,21,26H,4-9,12-13H2,1-3H3/b24-15-/t19-,26-/m0/s1. The van der Waals surface area contributed by atoms with Crippen molar-refractivity contribution in [3.63, 3.8) is 0 Å². The highest BCUT2D eigenvalue weighted by Crippen LogP contribution is 2.45. The second kappa shape index (κ2) is 11.3. The third-order valence-electron chi connectivity index (χ3n) is 8.04. The van der Waals surface area contributed by atoms with Gasteiger partial charge in [0.05, 0.1) is 22.9 Å². The molecule has 2 aliphatic heterocycles. The molecule has 2 aromatic heterocycles. The number of anilines is 1. The fraction of sp³-hybridized carbons (Fsp3) is 0.536. The minimum atomic E-state index is -4.61. The maximum absolute atomic E-state index is 14.3. The lowest BCUT2D eigenvalue weighted by molar-refractivity contribution is -0.115. The highest BCUT2D eigenvalue weighted by atomic mass is 32.1. The van der Waals surface area contributed by atoms with Crippen molar-refractivity contribution in [3.05, 3.63) is 63.8 Å². The van der Waals surface area contributed by atoms with Crippen LogP contribution in [0.3, 0.4) is 0 Å². The zero-order chi connectivity index (χ0) is 27.7. The molecule has 0 bridgehead atoms. The summed E-state index contributed by atoms with van der Waals surface area (Å²) in [6.45, 7) is 4.23. The molecule has 1 saturated heterocycles. The van der Waals surface area contributed by atoms with E-state index in [1.165, 1.54) is 24.9 Å². The van der Waals surface area contributed by atoms with Crippen molar-refractivity contribution >= 4 is 23.4 Å². The molecule has 0 unspecified atom stereocenters. The Morgan fingerprint density at radius 3 is 2.67 bits per heavy atom. The molecule has 11 heteroatoms. The van der Waals surface area contributed by atoms with Gasteiger partial charge in [-0.05, 0) is 61.8 Å². The molecule has 4 heterocycles. The third-order valence-corrected chi connectivity index (χ3v) is 9.04. The van der Waals surface area contributed by atoms with Crippen LogP contribution in [0.15, 0.2) is 53.1 Å². The molecule has 1 saturated carbocycles. The molecule has 1 amide bonds. The molecule has 39 heavy (non-hydrogen) atoms. The molecule has 0 spiro atoms. The number of piperidine rings is 1. The Morgan fingerprint density at radius 2 is 2.05 bits per heavy atom. The fourth-order valence-electron chi connectivity index (χ4n) is 5.77. The van der Waals surface area contributed by atoms with Gasteiger partial charge in [-0.15, -0.1) is 21.5 Å². The number of thiophene rings is 1. The van der Waals surface area contributed by atoms with Crippen molar-refractivity contribution in [1.29, 1.82) is 0 Å². The summed E-state index contributed by atoms with van der Waals surface area (Å²) in [5.41, 5.74) is 0.241. The van der Waals surface area contributed by atoms with E-state index in [1.54, 1.807) is 29.6 Å². The Balaban J connectivity index is 1.41. The molecular weight excluding hydrogens is 525 g/mol. The number of carbonyl (C=O) groups is 1. The summed E-state index contributed by atoms with van der Waals surface area (Å²) >= 11 is 1.58. The van der Waals surface area contributed by atoms with Crippen LogP contribution in [0, 0.1) is 11.8 Å². The third kappa shape index (κ3) is 5.99. The predicted molar refractivity (Wildman–Crippen MR) is 146 cm³/mol. The van der Waals surface area contributed by atoms with E-state index in [0.29, 0.717) is 30.4 Å². The van der Waals surface area contributed by atoms with Gasteiger partial charge in [0, 0.05) is 49.8 Å². The van der Waals surface area contributed by atoms with Crippen LogP contribution in [0.5, 0.6) is 0 Å². The Labute approximate surface area is 231 Å². The quantitative estimate of drug-likeness (QED) is 0.390. The van der Waals surface area contributed by atoms with Gasteiger partial charge < -0.3 is 9.47 Å². The van der Waals surface area contributed by atoms with Crippen molar-refractivity contribution in [2.45, 2.75) is 51.1 Å². The summed E-state index contributed by atoms with van der Waals surface area (Å²) < 4.78 is 44.8. The normalized spacial score (nSPS) is 22.9. The number of aryl methyl sites for hydroxylation is 1. The van der Waals surface area contributed by atoms with E-state index >= 15 is 0 Å². The molecule has 2 fully saturated rings. The maximum atomic E-state index is 14.3. The van der Waals surface area contributed by atoms with Crippen molar-refractivity contribution < 1.29 is 18.0 Å². The Kier molecular flexibility index (Phi) is 8.00. The number of rotatable bonds is 8. The van der Waals surface area contributed by atoms with E-state index in [4.69, 9.17) is 0 Å². The molecular formula is C28H35F3N6OS. The lowest BCUT2D eigenvalue weighted by atomic mass is 9.75. The zero-order valence-corrected chi connectivity index (χ0v) is 23.4. The van der Waals surface area contributed by atoms with Gasteiger partial charge in [-0.2, -0.15) is 13.2 Å². The van der Waals surface area contributed by atoms with E-state index in [-0.39, 0.29) is 11.6 Å². The maximum Gasteiger partial charge on any atom is 0.418 e. The minimum Gasteiger partial charge on any atom is -0.348 e. The molecule has 2 atom stereocenters. The Bertz CT molecular complexity index is 1270. The second-order valence-electron chi connectivity index (χ2n) is 11.1. The second-order valence-corrected chi connectivity index (χ2v) is 12.0. The van der Waals surface area contributed by atoms with Gasteiger partial charge in [-0.1, -0.05) is 13.3 Å². The van der Waals surface area contributed by atoms with E-state index < -0.39 is 11.7 Å². The summed E-state index contributed by atoms with van der Waals surface area (Å²) in [6, 6.07) is 2.02. The SMILES string of the molecule is C[C@H]1CCCN(CC2=CN(C=O)/C(=C\N(C)c3csc([C@@H](c4nncn4C)C4CCC4)c3)C(C(F)(F)F)=C2)C1. The van der Waals surface area contributed by atoms with Crippen molar-refractivity contribution in [2.24, 2.45) is 18.9 Å². The van der Waals surface area contributed by atoms with Gasteiger partial charge >= 0.3 is 6.18 Å². The highest BCUT2D eigenvalue weighted by Gasteiger charge is 2.40. The Morgan fingerprint density at radius 1 is 1.26 bits per heavy atom. The number of likely N-dealkylation sites (tertiary alicyclic amines) is 1. The molecule has 7 nitrogen and oxygen atoms in total. The average Bonchev–Trinajstić information content (AvgIpc) is 3.50. The summed E-state index contributed by atoms with van der Waals surface area (Å²) in [7, 11) is 3.65. The molecule has 2 aromatic rings. The van der Waals surface area contributed by atoms with Crippen molar-refractivity contribution in [3.8, 4) is 0 Å². The van der Waals surface area contributed by atoms with Crippen LogP contribution in [0.2, 0.25) is 0 Å². The molecule has 0 radical (unpaired) electrons. The summed E-state index contributed by atoms with van der Waals surface area (Å²) in [4.78, 5) is 18.0. The minimum absolute atomic E-state index is 0.0980. The molecule has 0 N–H and O–H groups in total. The number of aromatic nitrogens is 3. The number of hydrogen-bond acceptors (Lipinski definition) is 6. The molecule has 0 aromatic carbocycles. The number of halogens is 3. The van der Waals surface area contributed by atoms with Crippen LogP contribution >= 0.6 is 11.3 Å². The van der Waals surface area contributed by atoms with Crippen LogP contribution in [-0.2, 0) is 11.8 Å². The summed E-state index contributed by atoms with van der Waals surface area (Å²) in [6.07, 6.45) is 7.23. The largest absolute Gasteiger partial charge is 0.418 e. The van der Waals surface area contributed by atoms with Crippen molar-refractivity contribution in [1.82, 2.24) is 24.6 Å². The van der Waals surface area contributed by atoms with E-state index in [2.05, 4.69) is 22.0 Å². The first-order valence-electron chi connectivity index (χ1n) is 13.5. The Hall–Kier alpha value is -2.92. The molecule has 210 valence electrons. The average molecular weight is 561 g/mol. The number of carbonyl (C=O) groups excluding carboxylic acids is 1. The summed E-state index contributed by atoms with van der Waals surface area (Å²) in [5, 5.41) is 10.4. The van der Waals surface area contributed by atoms with Gasteiger partial charge in [-0.25, -0.2) is 0 Å². The van der Waals surface area contributed by atoms with Crippen LogP contribution in [-0.4, -0.2) is 63.8 Å². The topological polar surface area (TPSA) is 57.5 Å². The highest BCUT2D eigenvalue weighted by molar-refractivity contribution is 7.10. The van der Waals surface area contributed by atoms with Gasteiger partial charge in [0.15, 0.2) is 0 Å². The lowest BCUT2D eigenvalue weighted by Gasteiger charge is -2.33. The monoisotopic (exact) mass is 560 g/mol. The van der Waals surface area contributed by atoms with Gasteiger partial charge in [0.25, 0.3) is 0 Å². The van der Waals surface area contributed by atoms with Crippen molar-refractivity contribution in [2.75, 3.05) is 31.6 Å². The predicted octanol–water partition coefficient (Wildman–Crippen LogP) is 5.66. The number of hydrogen-bond donors (Lipinski definition) is 0. The number of nitrogens with zero attached hydrogens (tertiary/aromatic N) is 6. The molecule has 5 rings (SSSR count). The van der Waals surface area contributed by atoms with Crippen LogP contribution in [0.4, 0.5) is 18.9 Å². The fourth-order valence-corrected chi connectivity index (χ4v) is 6.90. The van der Waals surface area contributed by atoms with Gasteiger partial charge in [0.2, 0.25) is 6.41 Å². The van der Waals surface area contributed by atoms with E-state index in [0.717, 1.165) is 60.1 Å². The molecule has 3 aliphatic rings. The number of alkyl halides is 3. The number of allylic oxidation sites excluding steroid dienone is 1.